The number of fused-ring (bicyclic) bond motifs is 1. The molecular formula is C28H27N5O2. The predicted octanol–water partition coefficient (Wildman–Crippen LogP) is 5.29. The molecule has 0 bridgehead atoms. The minimum atomic E-state index is -0.0902. The van der Waals surface area contributed by atoms with Crippen LogP contribution in [0.1, 0.15) is 29.3 Å². The van der Waals surface area contributed by atoms with E-state index in [-0.39, 0.29) is 12.3 Å². The van der Waals surface area contributed by atoms with E-state index in [1.807, 2.05) is 73.7 Å². The SMILES string of the molecule is Cc1ccc(-c2noc(CCC(=O)Nc3ccc(CCc4nc5ccccc5n4C)cc3)n2)cc1. The molecule has 2 aromatic heterocycles. The van der Waals surface area contributed by atoms with E-state index in [9.17, 15) is 4.79 Å². The quantitative estimate of drug-likeness (QED) is 0.337. The van der Waals surface area contributed by atoms with Gasteiger partial charge in [-0.1, -0.05) is 59.3 Å². The molecule has 2 heterocycles. The van der Waals surface area contributed by atoms with Gasteiger partial charge in [-0.2, -0.15) is 4.98 Å². The smallest absolute Gasteiger partial charge is 0.227 e. The molecule has 0 aliphatic heterocycles. The molecule has 35 heavy (non-hydrogen) atoms. The molecule has 0 aliphatic rings. The number of anilines is 1. The minimum absolute atomic E-state index is 0.0902. The van der Waals surface area contributed by atoms with Gasteiger partial charge in [-0.15, -0.1) is 0 Å². The zero-order valence-electron chi connectivity index (χ0n) is 19.9. The second kappa shape index (κ2) is 9.93. The van der Waals surface area contributed by atoms with Gasteiger partial charge in [0.15, 0.2) is 0 Å². The summed E-state index contributed by atoms with van der Waals surface area (Å²) in [4.78, 5) is 21.5. The zero-order chi connectivity index (χ0) is 24.2. The molecule has 0 unspecified atom stereocenters. The van der Waals surface area contributed by atoms with E-state index < -0.39 is 0 Å². The van der Waals surface area contributed by atoms with Crippen LogP contribution >= 0.6 is 0 Å². The summed E-state index contributed by atoms with van der Waals surface area (Å²) >= 11 is 0. The van der Waals surface area contributed by atoms with Crippen molar-refractivity contribution in [3.8, 4) is 11.4 Å². The lowest BCUT2D eigenvalue weighted by molar-refractivity contribution is -0.116. The summed E-state index contributed by atoms with van der Waals surface area (Å²) in [5.74, 6) is 1.96. The summed E-state index contributed by atoms with van der Waals surface area (Å²) in [5.41, 5.74) is 6.20. The van der Waals surface area contributed by atoms with Crippen molar-refractivity contribution >= 4 is 22.6 Å². The molecule has 0 atom stereocenters. The Labute approximate surface area is 203 Å². The molecule has 0 fully saturated rings. The van der Waals surface area contributed by atoms with Crippen LogP contribution < -0.4 is 5.32 Å². The second-order valence-corrected chi connectivity index (χ2v) is 8.70. The molecule has 176 valence electrons. The molecule has 7 heteroatoms. The van der Waals surface area contributed by atoms with Crippen LogP contribution in [0.5, 0.6) is 0 Å². The molecule has 7 nitrogen and oxygen atoms in total. The van der Waals surface area contributed by atoms with Gasteiger partial charge in [-0.3, -0.25) is 4.79 Å². The van der Waals surface area contributed by atoms with Crippen molar-refractivity contribution in [2.24, 2.45) is 7.05 Å². The van der Waals surface area contributed by atoms with E-state index in [2.05, 4.69) is 33.1 Å². The highest BCUT2D eigenvalue weighted by molar-refractivity contribution is 5.90. The summed E-state index contributed by atoms with van der Waals surface area (Å²) in [5, 5.41) is 6.96. The number of carbonyl (C=O) groups is 1. The van der Waals surface area contributed by atoms with Crippen molar-refractivity contribution in [3.05, 3.63) is 95.6 Å². The van der Waals surface area contributed by atoms with Gasteiger partial charge in [0.1, 0.15) is 5.82 Å². The molecule has 5 rings (SSSR count). The molecule has 0 spiro atoms. The Morgan fingerprint density at radius 2 is 1.69 bits per heavy atom. The number of aryl methyl sites for hydroxylation is 5. The van der Waals surface area contributed by atoms with Crippen molar-refractivity contribution in [1.82, 2.24) is 19.7 Å². The fourth-order valence-corrected chi connectivity index (χ4v) is 4.05. The highest BCUT2D eigenvalue weighted by Gasteiger charge is 2.11. The number of nitrogens with one attached hydrogen (secondary N) is 1. The Balaban J connectivity index is 1.11. The number of nitrogens with zero attached hydrogens (tertiary/aromatic N) is 4. The largest absolute Gasteiger partial charge is 0.339 e. The third-order valence-electron chi connectivity index (χ3n) is 6.10. The zero-order valence-corrected chi connectivity index (χ0v) is 19.9. The van der Waals surface area contributed by atoms with Crippen LogP contribution in [-0.2, 0) is 31.1 Å². The van der Waals surface area contributed by atoms with Crippen LogP contribution in [0.25, 0.3) is 22.4 Å². The fraction of sp³-hybridized carbons (Fsp3) is 0.214. The Kier molecular flexibility index (Phi) is 6.39. The second-order valence-electron chi connectivity index (χ2n) is 8.70. The first-order chi connectivity index (χ1) is 17.0. The molecule has 0 saturated carbocycles. The van der Waals surface area contributed by atoms with Gasteiger partial charge in [0.05, 0.1) is 11.0 Å². The first kappa shape index (κ1) is 22.5. The van der Waals surface area contributed by atoms with E-state index in [1.54, 1.807) is 0 Å². The molecule has 1 N–H and O–H groups in total. The van der Waals surface area contributed by atoms with Crippen LogP contribution in [0.4, 0.5) is 5.69 Å². The molecule has 1 amide bonds. The van der Waals surface area contributed by atoms with E-state index in [1.165, 1.54) is 11.1 Å². The molecule has 0 radical (unpaired) electrons. The molecule has 5 aromatic rings. The van der Waals surface area contributed by atoms with Crippen molar-refractivity contribution in [2.75, 3.05) is 5.32 Å². The van der Waals surface area contributed by atoms with Crippen LogP contribution in [0.15, 0.2) is 77.3 Å². The average Bonchev–Trinajstić information content (AvgIpc) is 3.48. The normalized spacial score (nSPS) is 11.1. The molecular weight excluding hydrogens is 438 g/mol. The lowest BCUT2D eigenvalue weighted by Gasteiger charge is -2.07. The van der Waals surface area contributed by atoms with Crippen LogP contribution in [0.2, 0.25) is 0 Å². The van der Waals surface area contributed by atoms with Gasteiger partial charge < -0.3 is 14.4 Å². The van der Waals surface area contributed by atoms with Crippen LogP contribution in [-0.4, -0.2) is 25.6 Å². The van der Waals surface area contributed by atoms with Crippen LogP contribution in [0.3, 0.4) is 0 Å². The third kappa shape index (κ3) is 5.30. The number of carbonyl (C=O) groups excluding carboxylic acids is 1. The first-order valence-corrected chi connectivity index (χ1v) is 11.7. The highest BCUT2D eigenvalue weighted by Crippen LogP contribution is 2.18. The lowest BCUT2D eigenvalue weighted by Crippen LogP contribution is -2.12. The predicted molar refractivity (Wildman–Crippen MR) is 136 cm³/mol. The minimum Gasteiger partial charge on any atom is -0.339 e. The lowest BCUT2D eigenvalue weighted by atomic mass is 10.1. The topological polar surface area (TPSA) is 85.8 Å². The summed E-state index contributed by atoms with van der Waals surface area (Å²) in [7, 11) is 2.06. The first-order valence-electron chi connectivity index (χ1n) is 11.7. The standard InChI is InChI=1S/C28H27N5O2/c1-19-7-12-21(13-8-19)28-31-27(35-32-28)18-17-26(34)29-22-14-9-20(10-15-22)11-16-25-30-23-5-3-4-6-24(23)33(25)2/h3-10,12-15H,11,16-18H2,1-2H3,(H,29,34). The number of hydrogen-bond acceptors (Lipinski definition) is 5. The Morgan fingerprint density at radius 1 is 0.914 bits per heavy atom. The Morgan fingerprint density at radius 3 is 2.46 bits per heavy atom. The molecule has 0 aliphatic carbocycles. The number of amides is 1. The van der Waals surface area contributed by atoms with Gasteiger partial charge >= 0.3 is 0 Å². The van der Waals surface area contributed by atoms with Crippen LogP contribution in [0, 0.1) is 6.92 Å². The van der Waals surface area contributed by atoms with Crippen molar-refractivity contribution in [1.29, 1.82) is 0 Å². The highest BCUT2D eigenvalue weighted by atomic mass is 16.5. The monoisotopic (exact) mass is 465 g/mol. The fourth-order valence-electron chi connectivity index (χ4n) is 4.05. The summed E-state index contributed by atoms with van der Waals surface area (Å²) in [6.45, 7) is 2.03. The number of aromatic nitrogens is 4. The van der Waals surface area contributed by atoms with Gasteiger partial charge in [0, 0.05) is 37.6 Å². The summed E-state index contributed by atoms with van der Waals surface area (Å²) in [6, 6.07) is 24.1. The number of rotatable bonds is 8. The number of para-hydroxylation sites is 2. The summed E-state index contributed by atoms with van der Waals surface area (Å²) < 4.78 is 7.46. The van der Waals surface area contributed by atoms with E-state index in [4.69, 9.17) is 9.51 Å². The molecule has 0 saturated heterocycles. The average molecular weight is 466 g/mol. The van der Waals surface area contributed by atoms with Crippen molar-refractivity contribution in [2.45, 2.75) is 32.6 Å². The van der Waals surface area contributed by atoms with Crippen molar-refractivity contribution in [3.63, 3.8) is 0 Å². The Hall–Kier alpha value is -4.26. The number of hydrogen-bond donors (Lipinski definition) is 1. The maximum Gasteiger partial charge on any atom is 0.227 e. The van der Waals surface area contributed by atoms with Gasteiger partial charge in [0.25, 0.3) is 0 Å². The van der Waals surface area contributed by atoms with Gasteiger partial charge in [-0.25, -0.2) is 4.98 Å². The summed E-state index contributed by atoms with van der Waals surface area (Å²) in [6.07, 6.45) is 2.39. The third-order valence-corrected chi connectivity index (χ3v) is 6.10. The van der Waals surface area contributed by atoms with Crippen molar-refractivity contribution < 1.29 is 9.32 Å². The molecule has 3 aromatic carbocycles. The number of benzene rings is 3. The number of imidazole rings is 1. The Bertz CT molecular complexity index is 1450. The van der Waals surface area contributed by atoms with E-state index >= 15 is 0 Å². The van der Waals surface area contributed by atoms with E-state index in [0.717, 1.165) is 41.0 Å². The van der Waals surface area contributed by atoms with Gasteiger partial charge in [-0.05, 0) is 43.2 Å². The van der Waals surface area contributed by atoms with E-state index in [0.29, 0.717) is 18.1 Å². The maximum atomic E-state index is 12.4. The van der Waals surface area contributed by atoms with Gasteiger partial charge in [0.2, 0.25) is 17.6 Å². The maximum absolute atomic E-state index is 12.4.